The number of furan rings is 1. The molecule has 0 atom stereocenters. The summed E-state index contributed by atoms with van der Waals surface area (Å²) >= 11 is 0. The number of rotatable bonds is 7. The van der Waals surface area contributed by atoms with Crippen molar-refractivity contribution in [3.63, 3.8) is 0 Å². The number of hydrogen-bond donors (Lipinski definition) is 1. The minimum Gasteiger partial charge on any atom is -0.445 e. The Morgan fingerprint density at radius 3 is 2.44 bits per heavy atom. The van der Waals surface area contributed by atoms with Crippen LogP contribution in [0.2, 0.25) is 0 Å². The highest BCUT2D eigenvalue weighted by molar-refractivity contribution is 7.87. The molecular formula is C25H28N8O5S. The quantitative estimate of drug-likeness (QED) is 0.363. The van der Waals surface area contributed by atoms with Crippen LogP contribution in [-0.4, -0.2) is 96.2 Å². The van der Waals surface area contributed by atoms with Crippen LogP contribution in [0.1, 0.15) is 17.0 Å². The second-order valence-corrected chi connectivity index (χ2v) is 11.5. The van der Waals surface area contributed by atoms with E-state index in [9.17, 15) is 13.2 Å². The summed E-state index contributed by atoms with van der Waals surface area (Å²) in [6.45, 7) is 3.57. The van der Waals surface area contributed by atoms with Crippen LogP contribution >= 0.6 is 0 Å². The molecule has 0 bridgehead atoms. The van der Waals surface area contributed by atoms with Crippen LogP contribution < -0.4 is 10.2 Å². The molecule has 13 nitrogen and oxygen atoms in total. The molecule has 0 unspecified atom stereocenters. The van der Waals surface area contributed by atoms with Gasteiger partial charge in [0, 0.05) is 58.0 Å². The number of nitrogens with one attached hydrogen (secondary N) is 1. The lowest BCUT2D eigenvalue weighted by Crippen LogP contribution is -2.41. The Labute approximate surface area is 225 Å². The summed E-state index contributed by atoms with van der Waals surface area (Å²) in [5.74, 6) is 0.803. The molecule has 4 aromatic rings. The molecule has 0 aliphatic carbocycles. The largest absolute Gasteiger partial charge is 0.445 e. The van der Waals surface area contributed by atoms with E-state index >= 15 is 0 Å². The predicted octanol–water partition coefficient (Wildman–Crippen LogP) is 2.17. The van der Waals surface area contributed by atoms with Crippen molar-refractivity contribution in [2.45, 2.75) is 6.42 Å². The molecule has 0 saturated carbocycles. The van der Waals surface area contributed by atoms with Crippen molar-refractivity contribution in [1.82, 2.24) is 28.4 Å². The molecule has 6 rings (SSSR count). The van der Waals surface area contributed by atoms with E-state index in [1.807, 2.05) is 35.2 Å². The second-order valence-electron chi connectivity index (χ2n) is 9.48. The number of nitrogens with zero attached hydrogens (tertiary/aromatic N) is 7. The van der Waals surface area contributed by atoms with Crippen molar-refractivity contribution in [1.29, 1.82) is 0 Å². The van der Waals surface area contributed by atoms with E-state index in [1.165, 1.54) is 14.1 Å². The Balaban J connectivity index is 1.44. The number of morpholine rings is 1. The van der Waals surface area contributed by atoms with Gasteiger partial charge in [-0.1, -0.05) is 30.3 Å². The molecule has 2 aliphatic heterocycles. The fourth-order valence-corrected chi connectivity index (χ4v) is 5.23. The summed E-state index contributed by atoms with van der Waals surface area (Å²) < 4.78 is 39.8. The van der Waals surface area contributed by atoms with Gasteiger partial charge in [-0.05, 0) is 6.42 Å². The van der Waals surface area contributed by atoms with E-state index in [0.29, 0.717) is 62.0 Å². The summed E-state index contributed by atoms with van der Waals surface area (Å²) in [4.78, 5) is 25.9. The summed E-state index contributed by atoms with van der Waals surface area (Å²) in [6.07, 6.45) is 0.966. The first-order valence-corrected chi connectivity index (χ1v) is 14.0. The maximum absolute atomic E-state index is 13.2. The Kier molecular flexibility index (Phi) is 6.45. The molecular weight excluding hydrogens is 524 g/mol. The van der Waals surface area contributed by atoms with Crippen molar-refractivity contribution in [2.24, 2.45) is 0 Å². The van der Waals surface area contributed by atoms with Gasteiger partial charge in [0.2, 0.25) is 5.95 Å². The monoisotopic (exact) mass is 552 g/mol. The predicted molar refractivity (Wildman–Crippen MR) is 144 cm³/mol. The highest BCUT2D eigenvalue weighted by atomic mass is 32.2. The van der Waals surface area contributed by atoms with Gasteiger partial charge in [-0.15, -0.1) is 4.09 Å². The van der Waals surface area contributed by atoms with Gasteiger partial charge >= 0.3 is 10.2 Å². The molecule has 1 N–H and O–H groups in total. The smallest absolute Gasteiger partial charge is 0.324 e. The number of carbonyl (C=O) groups excluding carboxylic acids is 1. The third kappa shape index (κ3) is 4.70. The van der Waals surface area contributed by atoms with E-state index < -0.39 is 10.2 Å². The number of fused-ring (bicyclic) bond motifs is 1. The SMILES string of the molecule is CN(C)S(=O)(=O)n1nc(-c2ccccc2)cc1Nc1nc(N2CCOCC2)c2oc(C(=O)N3CCC3)cc2n1. The molecule has 3 aromatic heterocycles. The molecule has 2 aliphatic rings. The van der Waals surface area contributed by atoms with E-state index in [-0.39, 0.29) is 23.4 Å². The van der Waals surface area contributed by atoms with Crippen LogP contribution in [0.5, 0.6) is 0 Å². The Bertz CT molecular complexity index is 1620. The molecule has 2 saturated heterocycles. The zero-order chi connectivity index (χ0) is 27.1. The first kappa shape index (κ1) is 25.3. The lowest BCUT2D eigenvalue weighted by atomic mass is 10.2. The molecule has 1 aromatic carbocycles. The van der Waals surface area contributed by atoms with Crippen LogP contribution in [0.4, 0.5) is 17.6 Å². The molecule has 0 radical (unpaired) electrons. The van der Waals surface area contributed by atoms with E-state index in [0.717, 1.165) is 20.4 Å². The highest BCUT2D eigenvalue weighted by Gasteiger charge is 2.29. The Morgan fingerprint density at radius 1 is 1.03 bits per heavy atom. The average Bonchev–Trinajstić information content (AvgIpc) is 3.53. The maximum Gasteiger partial charge on any atom is 0.324 e. The Morgan fingerprint density at radius 2 is 1.77 bits per heavy atom. The fourth-order valence-electron chi connectivity index (χ4n) is 4.39. The molecule has 2 fully saturated rings. The summed E-state index contributed by atoms with van der Waals surface area (Å²) in [6, 6.07) is 12.5. The van der Waals surface area contributed by atoms with E-state index in [2.05, 4.69) is 15.4 Å². The minimum atomic E-state index is -3.98. The number of likely N-dealkylation sites (tertiary alicyclic amines) is 1. The van der Waals surface area contributed by atoms with Gasteiger partial charge in [0.05, 0.1) is 18.9 Å². The number of hydrogen-bond acceptors (Lipinski definition) is 10. The van der Waals surface area contributed by atoms with Crippen LogP contribution in [-0.2, 0) is 14.9 Å². The Hall–Kier alpha value is -4.01. The summed E-state index contributed by atoms with van der Waals surface area (Å²) in [7, 11) is -1.11. The summed E-state index contributed by atoms with van der Waals surface area (Å²) in [5.41, 5.74) is 2.04. The standard InChI is InChI=1S/C25H28N8O5S/c1-30(2)39(35,36)33-21(16-18(29-33)17-7-4-3-5-8-17)27-25-26-19-15-20(24(34)32-9-6-10-32)38-22(19)23(28-25)31-11-13-37-14-12-31/h3-5,7-8,15-16H,6,9-14H2,1-2H3,(H,26,27,28). The lowest BCUT2D eigenvalue weighted by Gasteiger charge is -2.29. The van der Waals surface area contributed by atoms with Crippen LogP contribution in [0, 0.1) is 0 Å². The van der Waals surface area contributed by atoms with Crippen LogP contribution in [0.3, 0.4) is 0 Å². The molecule has 204 valence electrons. The van der Waals surface area contributed by atoms with Gasteiger partial charge in [-0.3, -0.25) is 4.79 Å². The molecule has 0 spiro atoms. The average molecular weight is 553 g/mol. The van der Waals surface area contributed by atoms with Crippen LogP contribution in [0.15, 0.2) is 46.9 Å². The topological polar surface area (TPSA) is 139 Å². The van der Waals surface area contributed by atoms with Gasteiger partial charge in [0.25, 0.3) is 5.91 Å². The molecule has 5 heterocycles. The third-order valence-electron chi connectivity index (χ3n) is 6.69. The highest BCUT2D eigenvalue weighted by Crippen LogP contribution is 2.32. The van der Waals surface area contributed by atoms with Crippen molar-refractivity contribution in [2.75, 3.05) is 63.7 Å². The second kappa shape index (κ2) is 9.94. The van der Waals surface area contributed by atoms with Gasteiger partial charge in [0.1, 0.15) is 11.3 Å². The third-order valence-corrected chi connectivity index (χ3v) is 8.32. The maximum atomic E-state index is 13.2. The number of benzene rings is 1. The van der Waals surface area contributed by atoms with E-state index in [1.54, 1.807) is 17.0 Å². The number of anilines is 3. The van der Waals surface area contributed by atoms with Crippen molar-refractivity contribution in [3.05, 3.63) is 48.2 Å². The minimum absolute atomic E-state index is 0.141. The molecule has 1 amide bonds. The van der Waals surface area contributed by atoms with Gasteiger partial charge < -0.3 is 24.3 Å². The van der Waals surface area contributed by atoms with Gasteiger partial charge in [-0.25, -0.2) is 4.98 Å². The first-order valence-electron chi connectivity index (χ1n) is 12.6. The summed E-state index contributed by atoms with van der Waals surface area (Å²) in [5, 5.41) is 7.44. The number of amides is 1. The van der Waals surface area contributed by atoms with Crippen molar-refractivity contribution in [3.8, 4) is 11.3 Å². The first-order chi connectivity index (χ1) is 18.8. The van der Waals surface area contributed by atoms with Crippen LogP contribution in [0.25, 0.3) is 22.4 Å². The fraction of sp³-hybridized carbons (Fsp3) is 0.360. The zero-order valence-corrected chi connectivity index (χ0v) is 22.4. The zero-order valence-electron chi connectivity index (χ0n) is 21.6. The molecule has 39 heavy (non-hydrogen) atoms. The number of carbonyl (C=O) groups is 1. The number of aromatic nitrogens is 4. The normalized spacial score (nSPS) is 16.1. The lowest BCUT2D eigenvalue weighted by molar-refractivity contribution is 0.0621. The van der Waals surface area contributed by atoms with Gasteiger partial charge in [0.15, 0.2) is 17.2 Å². The van der Waals surface area contributed by atoms with E-state index in [4.69, 9.17) is 14.1 Å². The van der Waals surface area contributed by atoms with Crippen molar-refractivity contribution >= 4 is 44.8 Å². The van der Waals surface area contributed by atoms with Crippen molar-refractivity contribution < 1.29 is 22.4 Å². The number of ether oxygens (including phenoxy) is 1. The van der Waals surface area contributed by atoms with Gasteiger partial charge in [-0.2, -0.15) is 22.8 Å². The molecule has 14 heteroatoms.